The van der Waals surface area contributed by atoms with E-state index in [-0.39, 0.29) is 10.9 Å². The van der Waals surface area contributed by atoms with Crippen LogP contribution in [-0.2, 0) is 10.0 Å². The molecule has 1 aliphatic carbocycles. The molecule has 0 aliphatic heterocycles. The third-order valence-electron chi connectivity index (χ3n) is 3.37. The lowest BCUT2D eigenvalue weighted by atomic mass is 9.94. The van der Waals surface area contributed by atoms with Gasteiger partial charge in [0.05, 0.1) is 11.0 Å². The third-order valence-corrected chi connectivity index (χ3v) is 4.89. The van der Waals surface area contributed by atoms with Gasteiger partial charge in [0.25, 0.3) is 0 Å². The lowest BCUT2D eigenvalue weighted by molar-refractivity contribution is 0.173. The van der Waals surface area contributed by atoms with Crippen molar-refractivity contribution in [2.75, 3.05) is 0 Å². The van der Waals surface area contributed by atoms with Crippen LogP contribution in [0.15, 0.2) is 29.2 Å². The molecule has 2 rings (SSSR count). The molecule has 0 radical (unpaired) electrons. The topological polar surface area (TPSA) is 66.4 Å². The summed E-state index contributed by atoms with van der Waals surface area (Å²) in [5.74, 6) is 0. The van der Waals surface area contributed by atoms with Crippen LogP contribution in [-0.4, -0.2) is 19.6 Å². The second-order valence-electron chi connectivity index (χ2n) is 4.75. The lowest BCUT2D eigenvalue weighted by Gasteiger charge is -2.26. The summed E-state index contributed by atoms with van der Waals surface area (Å²) in [7, 11) is -3.45. The quantitative estimate of drug-likeness (QED) is 0.858. The van der Waals surface area contributed by atoms with Gasteiger partial charge in [-0.15, -0.1) is 0 Å². The van der Waals surface area contributed by atoms with Crippen molar-refractivity contribution in [3.05, 3.63) is 29.8 Å². The molecule has 1 unspecified atom stereocenters. The maximum absolute atomic E-state index is 12.1. The zero-order valence-electron chi connectivity index (χ0n) is 10.5. The molecule has 0 heterocycles. The molecule has 0 saturated heterocycles. The minimum Gasteiger partial charge on any atom is -0.388 e. The molecule has 1 fully saturated rings. The van der Waals surface area contributed by atoms with Gasteiger partial charge < -0.3 is 5.11 Å². The van der Waals surface area contributed by atoms with Crippen molar-refractivity contribution >= 4 is 10.0 Å². The Morgan fingerprint density at radius 2 is 2.17 bits per heavy atom. The Morgan fingerprint density at radius 3 is 2.72 bits per heavy atom. The largest absolute Gasteiger partial charge is 0.388 e. The summed E-state index contributed by atoms with van der Waals surface area (Å²) in [4.78, 5) is 0.236. The molecule has 5 heteroatoms. The summed E-state index contributed by atoms with van der Waals surface area (Å²) in [6.45, 7) is 1.86. The number of hydrogen-bond acceptors (Lipinski definition) is 3. The minimum absolute atomic E-state index is 0.0785. The van der Waals surface area contributed by atoms with Gasteiger partial charge in [-0.3, -0.25) is 0 Å². The molecule has 0 spiro atoms. The first-order valence-electron chi connectivity index (χ1n) is 6.33. The van der Waals surface area contributed by atoms with Crippen LogP contribution in [0.3, 0.4) is 0 Å². The molecule has 1 aromatic carbocycles. The van der Waals surface area contributed by atoms with Gasteiger partial charge in [-0.25, -0.2) is 13.1 Å². The van der Waals surface area contributed by atoms with Crippen LogP contribution in [0.4, 0.5) is 0 Å². The first-order valence-corrected chi connectivity index (χ1v) is 7.81. The first kappa shape index (κ1) is 13.5. The molecule has 1 aliphatic rings. The summed E-state index contributed by atoms with van der Waals surface area (Å²) in [5.41, 5.74) is 0.647. The molecule has 0 aromatic heterocycles. The Labute approximate surface area is 108 Å². The molecule has 4 nitrogen and oxygen atoms in total. The third kappa shape index (κ3) is 2.91. The average molecular weight is 269 g/mol. The first-order chi connectivity index (χ1) is 8.53. The van der Waals surface area contributed by atoms with Gasteiger partial charge in [-0.2, -0.15) is 0 Å². The van der Waals surface area contributed by atoms with Crippen molar-refractivity contribution in [2.24, 2.45) is 0 Å². The predicted octanol–water partition coefficient (Wildman–Crippen LogP) is 1.96. The van der Waals surface area contributed by atoms with Gasteiger partial charge in [-0.1, -0.05) is 25.5 Å². The number of aliphatic hydroxyl groups is 1. The fourth-order valence-electron chi connectivity index (χ4n) is 1.94. The molecule has 0 bridgehead atoms. The van der Waals surface area contributed by atoms with E-state index < -0.39 is 16.1 Å². The van der Waals surface area contributed by atoms with E-state index in [1.165, 1.54) is 0 Å². The minimum atomic E-state index is -3.45. The van der Waals surface area contributed by atoms with Gasteiger partial charge in [0, 0.05) is 6.04 Å². The highest BCUT2D eigenvalue weighted by molar-refractivity contribution is 7.89. The Morgan fingerprint density at radius 1 is 1.44 bits per heavy atom. The van der Waals surface area contributed by atoms with Crippen LogP contribution in [0.1, 0.15) is 44.3 Å². The van der Waals surface area contributed by atoms with E-state index in [9.17, 15) is 13.5 Å². The van der Waals surface area contributed by atoms with Gasteiger partial charge in [0.1, 0.15) is 0 Å². The highest BCUT2D eigenvalue weighted by Crippen LogP contribution is 2.23. The van der Waals surface area contributed by atoms with E-state index in [0.29, 0.717) is 12.0 Å². The molecule has 1 aromatic rings. The molecule has 1 saturated carbocycles. The van der Waals surface area contributed by atoms with Gasteiger partial charge >= 0.3 is 0 Å². The summed E-state index contributed by atoms with van der Waals surface area (Å²) < 4.78 is 26.9. The van der Waals surface area contributed by atoms with E-state index in [2.05, 4.69) is 4.72 Å². The summed E-state index contributed by atoms with van der Waals surface area (Å²) >= 11 is 0. The fourth-order valence-corrected chi connectivity index (χ4v) is 3.30. The maximum Gasteiger partial charge on any atom is 0.240 e. The van der Waals surface area contributed by atoms with Crippen molar-refractivity contribution in [1.82, 2.24) is 4.72 Å². The van der Waals surface area contributed by atoms with Crippen LogP contribution >= 0.6 is 0 Å². The van der Waals surface area contributed by atoms with E-state index in [1.54, 1.807) is 24.3 Å². The second-order valence-corrected chi connectivity index (χ2v) is 6.46. The SMILES string of the molecule is CCC(O)c1cccc(S(=O)(=O)NC2CCC2)c1. The van der Waals surface area contributed by atoms with Crippen LogP contribution in [0.2, 0.25) is 0 Å². The number of nitrogens with one attached hydrogen (secondary N) is 1. The van der Waals surface area contributed by atoms with Gasteiger partial charge in [-0.05, 0) is 37.0 Å². The number of aliphatic hydroxyl groups excluding tert-OH is 1. The number of benzene rings is 1. The van der Waals surface area contributed by atoms with E-state index >= 15 is 0 Å². The monoisotopic (exact) mass is 269 g/mol. The van der Waals surface area contributed by atoms with Crippen molar-refractivity contribution in [2.45, 2.75) is 49.6 Å². The number of sulfonamides is 1. The normalized spacial score (nSPS) is 18.3. The average Bonchev–Trinajstić information content (AvgIpc) is 2.33. The zero-order valence-corrected chi connectivity index (χ0v) is 11.3. The molecular weight excluding hydrogens is 250 g/mol. The van der Waals surface area contributed by atoms with Crippen LogP contribution in [0.25, 0.3) is 0 Å². The lowest BCUT2D eigenvalue weighted by Crippen LogP contribution is -2.39. The van der Waals surface area contributed by atoms with Gasteiger partial charge in [0.15, 0.2) is 0 Å². The standard InChI is InChI=1S/C13H19NO3S/c1-2-13(15)10-5-3-8-12(9-10)18(16,17)14-11-6-4-7-11/h3,5,8-9,11,13-15H,2,4,6-7H2,1H3. The second kappa shape index (κ2) is 5.38. The number of rotatable bonds is 5. The molecule has 1 atom stereocenters. The number of hydrogen-bond donors (Lipinski definition) is 2. The van der Waals surface area contributed by atoms with Crippen molar-refractivity contribution in [3.8, 4) is 0 Å². The summed E-state index contributed by atoms with van der Waals surface area (Å²) in [6, 6.07) is 6.61. The van der Waals surface area contributed by atoms with Crippen LogP contribution in [0.5, 0.6) is 0 Å². The maximum atomic E-state index is 12.1. The van der Waals surface area contributed by atoms with Crippen LogP contribution < -0.4 is 4.72 Å². The van der Waals surface area contributed by atoms with E-state index in [4.69, 9.17) is 0 Å². The van der Waals surface area contributed by atoms with E-state index in [1.807, 2.05) is 6.92 Å². The summed E-state index contributed by atoms with van der Waals surface area (Å²) in [5, 5.41) is 9.74. The summed E-state index contributed by atoms with van der Waals surface area (Å²) in [6.07, 6.45) is 2.87. The predicted molar refractivity (Wildman–Crippen MR) is 69.7 cm³/mol. The van der Waals surface area contributed by atoms with E-state index in [0.717, 1.165) is 19.3 Å². The van der Waals surface area contributed by atoms with Crippen molar-refractivity contribution in [1.29, 1.82) is 0 Å². The van der Waals surface area contributed by atoms with Crippen LogP contribution in [0, 0.1) is 0 Å². The zero-order chi connectivity index (χ0) is 13.2. The Kier molecular flexibility index (Phi) is 4.04. The Bertz CT molecular complexity index is 509. The molecule has 100 valence electrons. The van der Waals surface area contributed by atoms with Crippen molar-refractivity contribution in [3.63, 3.8) is 0 Å². The van der Waals surface area contributed by atoms with Crippen molar-refractivity contribution < 1.29 is 13.5 Å². The molecule has 2 N–H and O–H groups in total. The highest BCUT2D eigenvalue weighted by atomic mass is 32.2. The molecular formula is C13H19NO3S. The molecule has 0 amide bonds. The Hall–Kier alpha value is -0.910. The fraction of sp³-hybridized carbons (Fsp3) is 0.538. The van der Waals surface area contributed by atoms with Gasteiger partial charge in [0.2, 0.25) is 10.0 Å². The smallest absolute Gasteiger partial charge is 0.240 e. The molecule has 18 heavy (non-hydrogen) atoms. The highest BCUT2D eigenvalue weighted by Gasteiger charge is 2.24. The Balaban J connectivity index is 2.21.